The Kier molecular flexibility index (Phi) is 11.6. The Labute approximate surface area is 119 Å². The molecule has 0 rings (SSSR count). The van der Waals surface area contributed by atoms with Gasteiger partial charge in [0, 0.05) is 26.2 Å². The van der Waals surface area contributed by atoms with Crippen LogP contribution in [-0.2, 0) is 0 Å². The molecule has 0 unspecified atom stereocenters. The van der Waals surface area contributed by atoms with Crippen LogP contribution in [0.15, 0.2) is 0 Å². The molecular weight excluding hydrogens is 240 g/mol. The Morgan fingerprint density at radius 1 is 0.684 bits per heavy atom. The van der Waals surface area contributed by atoms with E-state index in [9.17, 15) is 0 Å². The Bertz CT molecular complexity index is 183. The summed E-state index contributed by atoms with van der Waals surface area (Å²) in [6, 6.07) is 0. The fraction of sp³-hybridized carbons (Fsp3) is 1.00. The van der Waals surface area contributed by atoms with E-state index in [-0.39, 0.29) is 13.2 Å². The molecule has 0 atom stereocenters. The van der Waals surface area contributed by atoms with Crippen molar-refractivity contribution >= 4 is 0 Å². The monoisotopic (exact) mass is 274 g/mol. The van der Waals surface area contributed by atoms with Gasteiger partial charge in [-0.1, -0.05) is 27.7 Å². The lowest BCUT2D eigenvalue weighted by molar-refractivity contribution is 0.148. The van der Waals surface area contributed by atoms with E-state index in [0.717, 1.165) is 32.6 Å². The van der Waals surface area contributed by atoms with Crippen LogP contribution in [0.1, 0.15) is 34.1 Å². The molecule has 0 bridgehead atoms. The summed E-state index contributed by atoms with van der Waals surface area (Å²) < 4.78 is 0. The number of rotatable bonds is 12. The molecule has 0 saturated heterocycles. The fourth-order valence-electron chi connectivity index (χ4n) is 2.43. The average molecular weight is 274 g/mol. The van der Waals surface area contributed by atoms with Crippen molar-refractivity contribution < 1.29 is 10.2 Å². The molecule has 0 aliphatic rings. The van der Waals surface area contributed by atoms with Crippen molar-refractivity contribution in [1.29, 1.82) is 0 Å². The number of hydrogen-bond acceptors (Lipinski definition) is 4. The summed E-state index contributed by atoms with van der Waals surface area (Å²) in [6.07, 6.45) is 1.10. The predicted molar refractivity (Wildman–Crippen MR) is 81.3 cm³/mol. The smallest absolute Gasteiger partial charge is 0.0558 e. The van der Waals surface area contributed by atoms with Crippen molar-refractivity contribution in [2.75, 3.05) is 52.5 Å². The highest BCUT2D eigenvalue weighted by molar-refractivity contribution is 4.65. The van der Waals surface area contributed by atoms with Gasteiger partial charge in [-0.2, -0.15) is 0 Å². The topological polar surface area (TPSA) is 46.9 Å². The van der Waals surface area contributed by atoms with Crippen molar-refractivity contribution in [1.82, 2.24) is 9.80 Å². The molecule has 0 radical (unpaired) electrons. The van der Waals surface area contributed by atoms with Crippen LogP contribution in [0.3, 0.4) is 0 Å². The van der Waals surface area contributed by atoms with Gasteiger partial charge in [-0.3, -0.25) is 4.90 Å². The van der Waals surface area contributed by atoms with Crippen molar-refractivity contribution in [3.8, 4) is 0 Å². The second kappa shape index (κ2) is 11.6. The van der Waals surface area contributed by atoms with Gasteiger partial charge in [-0.05, 0) is 31.3 Å². The lowest BCUT2D eigenvalue weighted by Gasteiger charge is -2.27. The van der Waals surface area contributed by atoms with Gasteiger partial charge in [0.1, 0.15) is 0 Å². The maximum Gasteiger partial charge on any atom is 0.0558 e. The third-order valence-electron chi connectivity index (χ3n) is 3.03. The van der Waals surface area contributed by atoms with Crippen molar-refractivity contribution in [2.24, 2.45) is 11.8 Å². The normalized spacial score (nSPS) is 12.3. The predicted octanol–water partition coefficient (Wildman–Crippen LogP) is 1.28. The van der Waals surface area contributed by atoms with Crippen LogP contribution in [0, 0.1) is 11.8 Å². The molecule has 0 fully saturated rings. The SMILES string of the molecule is CC(C)CN(CCCN(CCO)CCO)CC(C)C. The van der Waals surface area contributed by atoms with Crippen LogP contribution in [-0.4, -0.2) is 72.5 Å². The molecule has 0 aromatic rings. The van der Waals surface area contributed by atoms with Gasteiger partial charge < -0.3 is 15.1 Å². The summed E-state index contributed by atoms with van der Waals surface area (Å²) in [7, 11) is 0. The molecule has 0 aliphatic carbocycles. The molecule has 0 aromatic heterocycles. The Morgan fingerprint density at radius 2 is 1.11 bits per heavy atom. The number of aliphatic hydroxyl groups excluding tert-OH is 2. The summed E-state index contributed by atoms with van der Waals surface area (Å²) in [6.45, 7) is 15.1. The molecule has 2 N–H and O–H groups in total. The average Bonchev–Trinajstić information content (AvgIpc) is 2.27. The van der Waals surface area contributed by atoms with E-state index in [1.165, 1.54) is 0 Å². The highest BCUT2D eigenvalue weighted by Gasteiger charge is 2.10. The second-order valence-electron chi connectivity index (χ2n) is 6.19. The van der Waals surface area contributed by atoms with E-state index in [2.05, 4.69) is 37.5 Å². The minimum absolute atomic E-state index is 0.168. The number of hydrogen-bond donors (Lipinski definition) is 2. The third-order valence-corrected chi connectivity index (χ3v) is 3.03. The third kappa shape index (κ3) is 11.4. The van der Waals surface area contributed by atoms with Crippen molar-refractivity contribution in [3.63, 3.8) is 0 Å². The van der Waals surface area contributed by atoms with Crippen LogP contribution >= 0.6 is 0 Å². The van der Waals surface area contributed by atoms with Gasteiger partial charge >= 0.3 is 0 Å². The summed E-state index contributed by atoms with van der Waals surface area (Å²) >= 11 is 0. The summed E-state index contributed by atoms with van der Waals surface area (Å²) in [4.78, 5) is 4.66. The second-order valence-corrected chi connectivity index (χ2v) is 6.19. The lowest BCUT2D eigenvalue weighted by atomic mass is 10.1. The summed E-state index contributed by atoms with van der Waals surface area (Å²) in [5.41, 5.74) is 0. The van der Waals surface area contributed by atoms with Gasteiger partial charge in [0.15, 0.2) is 0 Å². The van der Waals surface area contributed by atoms with E-state index >= 15 is 0 Å². The highest BCUT2D eigenvalue weighted by Crippen LogP contribution is 2.05. The standard InChI is InChI=1S/C15H34N2O2/c1-14(2)12-17(13-15(3)4)7-5-6-16(8-10-18)9-11-19/h14-15,18-19H,5-13H2,1-4H3. The maximum atomic E-state index is 8.98. The Hall–Kier alpha value is -0.160. The molecule has 0 saturated carbocycles. The molecule has 4 nitrogen and oxygen atoms in total. The first-order chi connectivity index (χ1) is 8.99. The number of aliphatic hydroxyl groups is 2. The molecule has 0 amide bonds. The van der Waals surface area contributed by atoms with E-state index in [4.69, 9.17) is 10.2 Å². The minimum Gasteiger partial charge on any atom is -0.395 e. The molecule has 0 heterocycles. The van der Waals surface area contributed by atoms with E-state index < -0.39 is 0 Å². The lowest BCUT2D eigenvalue weighted by Crippen LogP contribution is -2.36. The quantitative estimate of drug-likeness (QED) is 0.563. The van der Waals surface area contributed by atoms with Crippen LogP contribution in [0.5, 0.6) is 0 Å². The first kappa shape index (κ1) is 18.8. The number of nitrogens with zero attached hydrogens (tertiary/aromatic N) is 2. The van der Waals surface area contributed by atoms with E-state index in [1.807, 2.05) is 0 Å². The molecule has 4 heteroatoms. The van der Waals surface area contributed by atoms with E-state index in [0.29, 0.717) is 24.9 Å². The van der Waals surface area contributed by atoms with Gasteiger partial charge in [-0.25, -0.2) is 0 Å². The zero-order valence-corrected chi connectivity index (χ0v) is 13.3. The Balaban J connectivity index is 4.00. The first-order valence-electron chi connectivity index (χ1n) is 7.66. The zero-order chi connectivity index (χ0) is 14.7. The zero-order valence-electron chi connectivity index (χ0n) is 13.3. The molecule has 0 aromatic carbocycles. The minimum atomic E-state index is 0.168. The first-order valence-corrected chi connectivity index (χ1v) is 7.66. The van der Waals surface area contributed by atoms with Crippen molar-refractivity contribution in [2.45, 2.75) is 34.1 Å². The van der Waals surface area contributed by atoms with Gasteiger partial charge in [0.05, 0.1) is 13.2 Å². The van der Waals surface area contributed by atoms with Crippen LogP contribution in [0.2, 0.25) is 0 Å². The fourth-order valence-corrected chi connectivity index (χ4v) is 2.43. The molecular formula is C15H34N2O2. The van der Waals surface area contributed by atoms with Crippen LogP contribution in [0.4, 0.5) is 0 Å². The molecule has 116 valence electrons. The van der Waals surface area contributed by atoms with E-state index in [1.54, 1.807) is 0 Å². The molecule has 19 heavy (non-hydrogen) atoms. The van der Waals surface area contributed by atoms with Crippen molar-refractivity contribution in [3.05, 3.63) is 0 Å². The molecule has 0 spiro atoms. The summed E-state index contributed by atoms with van der Waals surface area (Å²) in [5, 5.41) is 18.0. The van der Waals surface area contributed by atoms with Gasteiger partial charge in [0.25, 0.3) is 0 Å². The van der Waals surface area contributed by atoms with Gasteiger partial charge in [0.2, 0.25) is 0 Å². The van der Waals surface area contributed by atoms with Crippen LogP contribution in [0.25, 0.3) is 0 Å². The summed E-state index contributed by atoms with van der Waals surface area (Å²) in [5.74, 6) is 1.40. The van der Waals surface area contributed by atoms with Gasteiger partial charge in [-0.15, -0.1) is 0 Å². The Morgan fingerprint density at radius 3 is 1.47 bits per heavy atom. The highest BCUT2D eigenvalue weighted by atomic mass is 16.3. The largest absolute Gasteiger partial charge is 0.395 e. The molecule has 0 aliphatic heterocycles. The van der Waals surface area contributed by atoms with Crippen LogP contribution < -0.4 is 0 Å². The maximum absolute atomic E-state index is 8.98.